The Balaban J connectivity index is 0.954. The van der Waals surface area contributed by atoms with E-state index in [-0.39, 0.29) is 54.1 Å². The number of aromatic nitrogens is 4. The lowest BCUT2D eigenvalue weighted by atomic mass is 9.87. The van der Waals surface area contributed by atoms with E-state index in [0.717, 1.165) is 67.5 Å². The van der Waals surface area contributed by atoms with Gasteiger partial charge in [-0.05, 0) is 19.8 Å². The molecule has 460 valence electrons. The van der Waals surface area contributed by atoms with Gasteiger partial charge in [-0.15, -0.1) is 0 Å². The van der Waals surface area contributed by atoms with Crippen molar-refractivity contribution in [3.63, 3.8) is 0 Å². The number of imidazole rings is 1. The number of nitrogens with two attached hydrogens (primary N) is 1. The monoisotopic (exact) mass is 1220 g/mol. The van der Waals surface area contributed by atoms with E-state index >= 15 is 0 Å². The number of rotatable bonds is 41. The fourth-order valence-electron chi connectivity index (χ4n) is 8.84. The summed E-state index contributed by atoms with van der Waals surface area (Å²) in [6.45, 7) is 2.48. The zero-order chi connectivity index (χ0) is 58.9. The maximum absolute atomic E-state index is 12.7. The zero-order valence-electron chi connectivity index (χ0n) is 45.8. The van der Waals surface area contributed by atoms with Crippen LogP contribution in [0.3, 0.4) is 0 Å². The van der Waals surface area contributed by atoms with Crippen molar-refractivity contribution < 1.29 is 100 Å². The number of carbonyl (C=O) groups excluding carboxylic acids is 3. The second-order valence-electron chi connectivity index (χ2n) is 20.8. The summed E-state index contributed by atoms with van der Waals surface area (Å²) in [5.41, 5.74) is 4.08. The molecule has 0 bridgehead atoms. The van der Waals surface area contributed by atoms with Crippen LogP contribution in [0.5, 0.6) is 0 Å². The Kier molecular flexibility index (Phi) is 30.6. The van der Waals surface area contributed by atoms with Crippen LogP contribution in [0.1, 0.15) is 162 Å². The van der Waals surface area contributed by atoms with E-state index in [9.17, 15) is 68.1 Å². The molecule has 2 unspecified atom stereocenters. The second-order valence-corrected chi connectivity index (χ2v) is 26.0. The van der Waals surface area contributed by atoms with E-state index < -0.39 is 103 Å². The molecule has 2 aromatic rings. The Labute approximate surface area is 471 Å². The minimum Gasteiger partial charge on any atom is -0.790 e. The second kappa shape index (κ2) is 35.0. The van der Waals surface area contributed by atoms with Gasteiger partial charge in [0, 0.05) is 50.1 Å². The number of hydrogen-bond acceptors (Lipinski definition) is 26. The van der Waals surface area contributed by atoms with Gasteiger partial charge in [0.1, 0.15) is 42.4 Å². The van der Waals surface area contributed by atoms with Crippen molar-refractivity contribution in [3.05, 3.63) is 12.7 Å². The van der Waals surface area contributed by atoms with Gasteiger partial charge in [-0.3, -0.25) is 28.1 Å². The van der Waals surface area contributed by atoms with Gasteiger partial charge in [0.25, 0.3) is 15.6 Å². The summed E-state index contributed by atoms with van der Waals surface area (Å²) in [7, 11) is -17.6. The first-order chi connectivity index (χ1) is 37.8. The van der Waals surface area contributed by atoms with Crippen molar-refractivity contribution in [2.75, 3.05) is 44.4 Å². The first-order valence-electron chi connectivity index (χ1n) is 27.4. The Bertz CT molecular complexity index is 2340. The van der Waals surface area contributed by atoms with Gasteiger partial charge in [0.2, 0.25) is 11.8 Å². The summed E-state index contributed by atoms with van der Waals surface area (Å²) in [4.78, 5) is 97.2. The SMILES string of the molecule is C[C@@H]1O[C@@H](OCCCCCCCCCCCCCCCCCCCCC(=O)SCCNC(=O)CCNC(=O)[C@H](O)C(C)(C)COP(=O)([O-])OP(=O)([O-])OC[C@H]2O[C@@H](n3cnc4c(N)ncnc43)[C@H](O)[C@@H]2OP(=O)([O-])[O-])[C@H](O)C[C@H]1O. The van der Waals surface area contributed by atoms with Crippen LogP contribution >= 0.6 is 35.2 Å². The van der Waals surface area contributed by atoms with Crippen molar-refractivity contribution >= 4 is 69.1 Å². The van der Waals surface area contributed by atoms with E-state index in [4.69, 9.17) is 19.9 Å². The molecule has 32 heteroatoms. The Morgan fingerprint density at radius 2 is 1.38 bits per heavy atom. The standard InChI is InChI=1S/C48H86N7O21P3S/c1-33-34(56)28-35(57)47(73-33)70-26-21-19-17-15-13-11-9-7-5-4-6-8-10-12-14-16-18-20-22-38(59)80-27-25-50-37(58)23-24-51-45(62)42(61)48(2,3)30-72-79(68,69)76-78(66,67)71-29-36-41(75-77(63,64)65)40(60)46(74-36)55-32-54-39-43(49)52-31-53-44(39)55/h31-36,40-42,46-47,56-57,60-61H,4-30H2,1-3H3,(H,50,58)(H,51,62)(H,66,67)(H,68,69)(H2,49,52,53)(H2,63,64,65)/p-4/t33-,34+,35+,36+,40+,41+,42-,46+,47+/m0/s1. The predicted molar refractivity (Wildman–Crippen MR) is 283 cm³/mol. The molecular weight excluding hydrogens is 1140 g/mol. The van der Waals surface area contributed by atoms with Crippen LogP contribution < -0.4 is 35.9 Å². The average Bonchev–Trinajstić information content (AvgIpc) is 3.98. The highest BCUT2D eigenvalue weighted by molar-refractivity contribution is 8.13. The molecular formula is C48H82N7O21P3S-4. The molecule has 2 fully saturated rings. The summed E-state index contributed by atoms with van der Waals surface area (Å²) in [5.74, 6) is -1.16. The third-order valence-electron chi connectivity index (χ3n) is 13.5. The number of nitrogens with zero attached hydrogens (tertiary/aromatic N) is 4. The van der Waals surface area contributed by atoms with Crippen LogP contribution in [0.15, 0.2) is 12.7 Å². The van der Waals surface area contributed by atoms with Crippen LogP contribution in [0.2, 0.25) is 0 Å². The van der Waals surface area contributed by atoms with Gasteiger partial charge in [-0.2, -0.15) is 0 Å². The molecule has 8 N–H and O–H groups in total. The molecule has 0 radical (unpaired) electrons. The van der Waals surface area contributed by atoms with Crippen LogP contribution in [0.25, 0.3) is 11.2 Å². The third kappa shape index (κ3) is 25.7. The van der Waals surface area contributed by atoms with Crippen LogP contribution in [-0.2, 0) is 60.2 Å². The van der Waals surface area contributed by atoms with E-state index in [1.165, 1.54) is 90.9 Å². The third-order valence-corrected chi connectivity index (χ3v) is 17.4. The molecule has 2 saturated heterocycles. The molecule has 0 saturated carbocycles. The predicted octanol–water partition coefficient (Wildman–Crippen LogP) is 2.42. The van der Waals surface area contributed by atoms with Gasteiger partial charge in [0.05, 0.1) is 39.6 Å². The highest BCUT2D eigenvalue weighted by Crippen LogP contribution is 2.56. The van der Waals surface area contributed by atoms with Crippen molar-refractivity contribution in [2.24, 2.45) is 5.41 Å². The minimum atomic E-state index is -5.93. The first-order valence-corrected chi connectivity index (χ1v) is 32.8. The van der Waals surface area contributed by atoms with Crippen molar-refractivity contribution in [3.8, 4) is 0 Å². The van der Waals surface area contributed by atoms with E-state index in [1.807, 2.05) is 0 Å². The molecule has 4 heterocycles. The Morgan fingerprint density at radius 1 is 0.800 bits per heavy atom. The molecule has 2 aliphatic heterocycles. The molecule has 4 rings (SSSR count). The number of carbonyl (C=O) groups is 3. The number of ether oxygens (including phenoxy) is 3. The molecule has 28 nitrogen and oxygen atoms in total. The number of hydrogen-bond donors (Lipinski definition) is 7. The fourth-order valence-corrected chi connectivity index (χ4v) is 12.3. The smallest absolute Gasteiger partial charge is 0.274 e. The number of nitrogens with one attached hydrogen (secondary N) is 2. The summed E-state index contributed by atoms with van der Waals surface area (Å²) in [6, 6.07) is 0. The Hall–Kier alpha value is -2.60. The molecule has 0 aliphatic carbocycles. The van der Waals surface area contributed by atoms with Crippen molar-refractivity contribution in [1.29, 1.82) is 0 Å². The molecule has 0 aromatic carbocycles. The topological polar surface area (TPSA) is 434 Å². The van der Waals surface area contributed by atoms with Crippen LogP contribution in [0.4, 0.5) is 5.82 Å². The maximum Gasteiger partial charge on any atom is 0.274 e. The fraction of sp³-hybridized carbons (Fsp3) is 0.833. The first kappa shape index (κ1) is 69.9. The molecule has 0 spiro atoms. The molecule has 80 heavy (non-hydrogen) atoms. The summed E-state index contributed by atoms with van der Waals surface area (Å²) in [5, 5.41) is 46.3. The number of aliphatic hydroxyl groups is 4. The lowest BCUT2D eigenvalue weighted by Gasteiger charge is -2.36. The van der Waals surface area contributed by atoms with Gasteiger partial charge in [-0.25, -0.2) is 19.3 Å². The van der Waals surface area contributed by atoms with Gasteiger partial charge >= 0.3 is 0 Å². The van der Waals surface area contributed by atoms with E-state index in [2.05, 4.69) is 43.5 Å². The Morgan fingerprint density at radius 3 is 1.98 bits per heavy atom. The zero-order valence-corrected chi connectivity index (χ0v) is 49.3. The molecule has 2 aromatic heterocycles. The van der Waals surface area contributed by atoms with Crippen LogP contribution in [0, 0.1) is 5.41 Å². The highest BCUT2D eigenvalue weighted by atomic mass is 32.2. The average molecular weight is 1220 g/mol. The maximum atomic E-state index is 12.7. The number of aliphatic hydroxyl groups excluding tert-OH is 4. The molecule has 11 atom stereocenters. The van der Waals surface area contributed by atoms with E-state index in [1.54, 1.807) is 6.92 Å². The number of anilines is 1. The largest absolute Gasteiger partial charge is 0.790 e. The number of amides is 2. The summed E-state index contributed by atoms with van der Waals surface area (Å²) < 4.78 is 72.2. The summed E-state index contributed by atoms with van der Waals surface area (Å²) >= 11 is 1.13. The minimum absolute atomic E-state index is 0.0221. The number of fused-ring (bicyclic) bond motifs is 1. The van der Waals surface area contributed by atoms with Crippen molar-refractivity contribution in [2.45, 2.75) is 211 Å². The van der Waals surface area contributed by atoms with Crippen molar-refractivity contribution in [1.82, 2.24) is 30.2 Å². The number of unbranched alkanes of at least 4 members (excludes halogenated alkanes) is 17. The number of phosphoric ester groups is 3. The lowest BCUT2D eigenvalue weighted by Crippen LogP contribution is -2.47. The van der Waals surface area contributed by atoms with E-state index in [0.29, 0.717) is 18.8 Å². The normalized spacial score (nSPS) is 23.6. The number of nitrogen functional groups attached to an aromatic ring is 1. The lowest BCUT2D eigenvalue weighted by molar-refractivity contribution is -0.347. The quantitative estimate of drug-likeness (QED) is 0.0371. The summed E-state index contributed by atoms with van der Waals surface area (Å²) in [6.07, 6.45) is 11.9. The number of thioether (sulfide) groups is 1. The van der Waals surface area contributed by atoms with Crippen LogP contribution in [-0.4, -0.2) is 145 Å². The molecule has 2 aliphatic rings. The van der Waals surface area contributed by atoms with Gasteiger partial charge in [0.15, 0.2) is 29.1 Å². The highest BCUT2D eigenvalue weighted by Gasteiger charge is 2.47. The molecule has 2 amide bonds. The van der Waals surface area contributed by atoms with Gasteiger partial charge in [-0.1, -0.05) is 128 Å². The van der Waals surface area contributed by atoms with Gasteiger partial charge < -0.3 is 88.7 Å². The number of phosphoric acid groups is 3.